The zero-order valence-electron chi connectivity index (χ0n) is 11.5. The Morgan fingerprint density at radius 3 is 2.70 bits per heavy atom. The average Bonchev–Trinajstić information content (AvgIpc) is 3.01. The molecule has 0 aliphatic heterocycles. The van der Waals surface area contributed by atoms with Crippen molar-refractivity contribution in [2.45, 2.75) is 25.4 Å². The van der Waals surface area contributed by atoms with Gasteiger partial charge < -0.3 is 10.4 Å². The molecule has 0 radical (unpaired) electrons. The van der Waals surface area contributed by atoms with Crippen LogP contribution in [0, 0.1) is 0 Å². The van der Waals surface area contributed by atoms with E-state index in [0.29, 0.717) is 0 Å². The van der Waals surface area contributed by atoms with Gasteiger partial charge in [0.2, 0.25) is 5.91 Å². The molecule has 6 nitrogen and oxygen atoms in total. The van der Waals surface area contributed by atoms with E-state index >= 15 is 0 Å². The zero-order chi connectivity index (χ0) is 14.6. The van der Waals surface area contributed by atoms with Crippen molar-refractivity contribution in [1.29, 1.82) is 0 Å². The molecule has 1 amide bonds. The second kappa shape index (κ2) is 5.83. The Hall–Kier alpha value is -2.21. The van der Waals surface area contributed by atoms with Crippen LogP contribution in [-0.4, -0.2) is 32.4 Å². The van der Waals surface area contributed by atoms with Crippen LogP contribution >= 0.6 is 0 Å². The van der Waals surface area contributed by atoms with Crippen LogP contribution in [0.15, 0.2) is 43.0 Å². The van der Waals surface area contributed by atoms with Gasteiger partial charge in [-0.25, -0.2) is 9.67 Å². The fourth-order valence-corrected chi connectivity index (χ4v) is 1.92. The summed E-state index contributed by atoms with van der Waals surface area (Å²) in [5.41, 5.74) is 0.0225. The zero-order valence-corrected chi connectivity index (χ0v) is 11.5. The Morgan fingerprint density at radius 2 is 2.15 bits per heavy atom. The van der Waals surface area contributed by atoms with Gasteiger partial charge in [-0.05, 0) is 19.4 Å². The third-order valence-corrected chi connectivity index (χ3v) is 3.34. The lowest BCUT2D eigenvalue weighted by atomic mass is 9.92. The summed E-state index contributed by atoms with van der Waals surface area (Å²) in [6, 6.07) is 8.88. The molecule has 2 atom stereocenters. The number of carbonyl (C=O) groups excluding carboxylic acids is 1. The van der Waals surface area contributed by atoms with E-state index < -0.39 is 11.6 Å². The van der Waals surface area contributed by atoms with Gasteiger partial charge >= 0.3 is 0 Å². The highest BCUT2D eigenvalue weighted by molar-refractivity contribution is 5.80. The number of nitrogens with one attached hydrogen (secondary N) is 1. The maximum Gasteiger partial charge on any atom is 0.245 e. The Balaban J connectivity index is 2.16. The van der Waals surface area contributed by atoms with Crippen LogP contribution in [0.3, 0.4) is 0 Å². The van der Waals surface area contributed by atoms with Crippen molar-refractivity contribution in [3.8, 4) is 0 Å². The molecule has 0 saturated heterocycles. The molecule has 0 aliphatic carbocycles. The fraction of sp³-hybridized carbons (Fsp3) is 0.357. The summed E-state index contributed by atoms with van der Waals surface area (Å²) in [5, 5.41) is 16.5. The van der Waals surface area contributed by atoms with Crippen molar-refractivity contribution in [3.63, 3.8) is 0 Å². The van der Waals surface area contributed by atoms with E-state index in [0.717, 1.165) is 5.56 Å². The topological polar surface area (TPSA) is 80.0 Å². The minimum Gasteiger partial charge on any atom is -0.394 e. The van der Waals surface area contributed by atoms with Crippen LogP contribution in [0.2, 0.25) is 0 Å². The van der Waals surface area contributed by atoms with Crippen LogP contribution in [-0.2, 0) is 10.3 Å². The lowest BCUT2D eigenvalue weighted by Gasteiger charge is -2.30. The van der Waals surface area contributed by atoms with E-state index in [1.165, 1.54) is 17.3 Å². The Kier molecular flexibility index (Phi) is 4.14. The van der Waals surface area contributed by atoms with Crippen LogP contribution < -0.4 is 5.32 Å². The van der Waals surface area contributed by atoms with Gasteiger partial charge in [0.15, 0.2) is 0 Å². The molecule has 106 valence electrons. The molecule has 1 aromatic carbocycles. The Morgan fingerprint density at radius 1 is 1.45 bits per heavy atom. The van der Waals surface area contributed by atoms with Gasteiger partial charge in [0, 0.05) is 0 Å². The number of nitrogens with zero attached hydrogens (tertiary/aromatic N) is 3. The highest BCUT2D eigenvalue weighted by atomic mass is 16.3. The maximum atomic E-state index is 12.3. The van der Waals surface area contributed by atoms with Crippen LogP contribution in [0.5, 0.6) is 0 Å². The second-order valence-electron chi connectivity index (χ2n) is 4.90. The Labute approximate surface area is 117 Å². The van der Waals surface area contributed by atoms with Crippen LogP contribution in [0.4, 0.5) is 0 Å². The van der Waals surface area contributed by atoms with E-state index in [2.05, 4.69) is 15.4 Å². The molecule has 0 fully saturated rings. The molecule has 2 aromatic rings. The highest BCUT2D eigenvalue weighted by Gasteiger charge is 2.30. The van der Waals surface area contributed by atoms with Gasteiger partial charge in [-0.15, -0.1) is 0 Å². The van der Waals surface area contributed by atoms with Crippen molar-refractivity contribution in [2.24, 2.45) is 0 Å². The third-order valence-electron chi connectivity index (χ3n) is 3.34. The van der Waals surface area contributed by atoms with Gasteiger partial charge in [-0.1, -0.05) is 30.3 Å². The minimum atomic E-state index is -0.826. The number of amides is 1. The summed E-state index contributed by atoms with van der Waals surface area (Å²) in [6.07, 6.45) is 2.87. The molecule has 0 saturated carbocycles. The number of hydrogen-bond acceptors (Lipinski definition) is 4. The first-order chi connectivity index (χ1) is 9.57. The predicted octanol–water partition coefficient (Wildman–Crippen LogP) is 0.863. The van der Waals surface area contributed by atoms with E-state index in [1.807, 2.05) is 30.3 Å². The van der Waals surface area contributed by atoms with Crippen molar-refractivity contribution in [3.05, 3.63) is 48.5 Å². The van der Waals surface area contributed by atoms with E-state index in [1.54, 1.807) is 13.8 Å². The van der Waals surface area contributed by atoms with E-state index in [-0.39, 0.29) is 12.5 Å². The van der Waals surface area contributed by atoms with Gasteiger partial charge in [0.25, 0.3) is 0 Å². The molecule has 2 unspecified atom stereocenters. The molecule has 0 aliphatic rings. The van der Waals surface area contributed by atoms with Gasteiger partial charge in [0.05, 0.1) is 12.1 Å². The monoisotopic (exact) mass is 274 g/mol. The molecule has 2 rings (SSSR count). The normalized spacial score (nSPS) is 15.3. The number of aliphatic hydroxyl groups is 1. The van der Waals surface area contributed by atoms with E-state index in [4.69, 9.17) is 0 Å². The maximum absolute atomic E-state index is 12.3. The molecule has 20 heavy (non-hydrogen) atoms. The highest BCUT2D eigenvalue weighted by Crippen LogP contribution is 2.20. The van der Waals surface area contributed by atoms with Gasteiger partial charge in [0.1, 0.15) is 18.7 Å². The predicted molar refractivity (Wildman–Crippen MR) is 73.8 cm³/mol. The van der Waals surface area contributed by atoms with Crippen molar-refractivity contribution >= 4 is 5.91 Å². The third kappa shape index (κ3) is 2.85. The summed E-state index contributed by atoms with van der Waals surface area (Å²) < 4.78 is 1.47. The molecule has 1 heterocycles. The average molecular weight is 274 g/mol. The molecule has 0 bridgehead atoms. The van der Waals surface area contributed by atoms with Crippen molar-refractivity contribution < 1.29 is 9.90 Å². The SMILES string of the molecule is CC(C(=O)NC(C)(CO)c1ccccc1)n1cncn1. The first-order valence-corrected chi connectivity index (χ1v) is 6.39. The first-order valence-electron chi connectivity index (χ1n) is 6.39. The molecule has 6 heteroatoms. The molecule has 0 spiro atoms. The van der Waals surface area contributed by atoms with Crippen molar-refractivity contribution in [1.82, 2.24) is 20.1 Å². The van der Waals surface area contributed by atoms with Gasteiger partial charge in [-0.2, -0.15) is 5.10 Å². The standard InChI is InChI=1S/C14H18N4O2/c1-11(18-10-15-9-16-18)13(20)17-14(2,8-19)12-6-4-3-5-7-12/h3-7,9-11,19H,8H2,1-2H3,(H,17,20). The first kappa shape index (κ1) is 14.2. The van der Waals surface area contributed by atoms with Crippen molar-refractivity contribution in [2.75, 3.05) is 6.61 Å². The fourth-order valence-electron chi connectivity index (χ4n) is 1.92. The van der Waals surface area contributed by atoms with Crippen LogP contribution in [0.25, 0.3) is 0 Å². The summed E-state index contributed by atoms with van der Waals surface area (Å²) in [5.74, 6) is -0.226. The number of rotatable bonds is 5. The minimum absolute atomic E-state index is 0.188. The summed E-state index contributed by atoms with van der Waals surface area (Å²) in [4.78, 5) is 16.1. The summed E-state index contributed by atoms with van der Waals surface area (Å²) in [7, 11) is 0. The molecular formula is C14H18N4O2. The summed E-state index contributed by atoms with van der Waals surface area (Å²) in [6.45, 7) is 3.33. The summed E-state index contributed by atoms with van der Waals surface area (Å²) >= 11 is 0. The van der Waals surface area contributed by atoms with E-state index in [9.17, 15) is 9.90 Å². The molecule has 2 N–H and O–H groups in total. The largest absolute Gasteiger partial charge is 0.394 e. The quantitative estimate of drug-likeness (QED) is 0.847. The molecule has 1 aromatic heterocycles. The lowest BCUT2D eigenvalue weighted by molar-refractivity contribution is -0.126. The van der Waals surface area contributed by atoms with Crippen LogP contribution in [0.1, 0.15) is 25.5 Å². The Bertz CT molecular complexity index is 556. The molecular weight excluding hydrogens is 256 g/mol. The number of benzene rings is 1. The lowest BCUT2D eigenvalue weighted by Crippen LogP contribution is -2.48. The number of hydrogen-bond donors (Lipinski definition) is 2. The number of aliphatic hydroxyl groups excluding tert-OH is 1. The second-order valence-corrected chi connectivity index (χ2v) is 4.90. The smallest absolute Gasteiger partial charge is 0.245 e. The number of carbonyl (C=O) groups is 1. The van der Waals surface area contributed by atoms with Gasteiger partial charge in [-0.3, -0.25) is 4.79 Å². The number of aromatic nitrogens is 3.